The second kappa shape index (κ2) is 22.0. The summed E-state index contributed by atoms with van der Waals surface area (Å²) in [6.07, 6.45) is 2.93. The minimum absolute atomic E-state index is 0.0913. The number of aromatic nitrogens is 2. The number of nitro groups is 2. The van der Waals surface area contributed by atoms with E-state index >= 15 is 0 Å². The quantitative estimate of drug-likeness (QED) is 0.0541. The molecule has 2 rings (SSSR count). The van der Waals surface area contributed by atoms with Crippen LogP contribution in [-0.2, 0) is 25.5 Å². The van der Waals surface area contributed by atoms with Gasteiger partial charge in [-0.2, -0.15) is 0 Å². The average molecular weight is 764 g/mol. The minimum atomic E-state index is -0.620. The molecule has 2 heterocycles. The Kier molecular flexibility index (Phi) is 19.9. The third-order valence-corrected chi connectivity index (χ3v) is 5.73. The van der Waals surface area contributed by atoms with Crippen molar-refractivity contribution in [3.05, 3.63) is 56.1 Å². The number of hydrogen-bond donors (Lipinski definition) is 3. The van der Waals surface area contributed by atoms with E-state index in [1.165, 1.54) is 16.8 Å². The largest absolute Gasteiger partial charge is 0.461 e. The maximum Gasteiger partial charge on any atom is 0.407 e. The predicted octanol–water partition coefficient (Wildman–Crippen LogP) is 5.88. The van der Waals surface area contributed by atoms with E-state index in [1.54, 1.807) is 34.6 Å². The van der Waals surface area contributed by atoms with Crippen molar-refractivity contribution in [1.82, 2.24) is 20.2 Å². The zero-order valence-corrected chi connectivity index (χ0v) is 30.7. The van der Waals surface area contributed by atoms with Gasteiger partial charge in [0.2, 0.25) is 0 Å². The van der Waals surface area contributed by atoms with Crippen LogP contribution in [0.25, 0.3) is 0 Å². The summed E-state index contributed by atoms with van der Waals surface area (Å²) in [5.41, 5.74) is -1.11. The van der Waals surface area contributed by atoms with Gasteiger partial charge >= 0.3 is 24.1 Å². The molecular weight excluding hydrogens is 716 g/mol. The van der Waals surface area contributed by atoms with Gasteiger partial charge in [-0.25, -0.2) is 19.2 Å². The maximum absolute atomic E-state index is 11.8. The van der Waals surface area contributed by atoms with Crippen LogP contribution in [-0.4, -0.2) is 86.4 Å². The number of halogens is 1. The summed E-state index contributed by atoms with van der Waals surface area (Å²) in [5, 5.41) is 27.2. The minimum Gasteiger partial charge on any atom is -0.461 e. The second-order valence-electron chi connectivity index (χ2n) is 11.8. The summed E-state index contributed by atoms with van der Waals surface area (Å²) in [4.78, 5) is 67.7. The molecule has 0 bridgehead atoms. The molecule has 2 aromatic rings. The average Bonchev–Trinajstić information content (AvgIpc) is 3.63. The van der Waals surface area contributed by atoms with Crippen molar-refractivity contribution in [2.24, 2.45) is 0 Å². The summed E-state index contributed by atoms with van der Waals surface area (Å²) in [7, 11) is 0. The number of alkyl halides is 1. The summed E-state index contributed by atoms with van der Waals surface area (Å²) < 4.78 is 21.1. The zero-order valence-electron chi connectivity index (χ0n) is 29.1. The topological polar surface area (TPSA) is 236 Å². The Morgan fingerprint density at radius 1 is 0.816 bits per heavy atom. The first-order valence-electron chi connectivity index (χ1n) is 15.3. The molecule has 0 aliphatic rings. The van der Waals surface area contributed by atoms with E-state index in [9.17, 15) is 39.4 Å². The third kappa shape index (κ3) is 20.3. The van der Waals surface area contributed by atoms with Gasteiger partial charge in [-0.3, -0.25) is 20.2 Å². The molecule has 0 aliphatic heterocycles. The van der Waals surface area contributed by atoms with E-state index in [0.29, 0.717) is 26.1 Å². The highest BCUT2D eigenvalue weighted by Crippen LogP contribution is 2.18. The van der Waals surface area contributed by atoms with E-state index in [2.05, 4.69) is 36.3 Å². The van der Waals surface area contributed by atoms with Gasteiger partial charge in [0.15, 0.2) is 0 Å². The molecule has 2 aromatic heterocycles. The van der Waals surface area contributed by atoms with Crippen LogP contribution in [0, 0.1) is 20.2 Å². The van der Waals surface area contributed by atoms with Crippen LogP contribution < -0.4 is 10.6 Å². The van der Waals surface area contributed by atoms with Gasteiger partial charge < -0.3 is 39.1 Å². The van der Waals surface area contributed by atoms with Crippen LogP contribution >= 0.6 is 15.9 Å². The van der Waals surface area contributed by atoms with Crippen LogP contribution in [0.15, 0.2) is 24.5 Å². The van der Waals surface area contributed by atoms with E-state index in [4.69, 9.17) is 14.2 Å². The van der Waals surface area contributed by atoms with E-state index < -0.39 is 39.1 Å². The van der Waals surface area contributed by atoms with E-state index in [-0.39, 0.29) is 42.1 Å². The number of nitrogens with one attached hydrogen (secondary N) is 3. The number of amides is 2. The fraction of sp³-hybridized carbons (Fsp3) is 0.600. The van der Waals surface area contributed by atoms with Crippen LogP contribution in [0.1, 0.15) is 89.2 Å². The molecule has 19 heteroatoms. The number of nitrogens with zero attached hydrogens (tertiary/aromatic N) is 3. The van der Waals surface area contributed by atoms with E-state index in [0.717, 1.165) is 24.0 Å². The van der Waals surface area contributed by atoms with Gasteiger partial charge in [-0.1, -0.05) is 15.9 Å². The second-order valence-corrected chi connectivity index (χ2v) is 12.6. The smallest absolute Gasteiger partial charge is 0.407 e. The van der Waals surface area contributed by atoms with Crippen molar-refractivity contribution in [1.29, 1.82) is 0 Å². The summed E-state index contributed by atoms with van der Waals surface area (Å²) in [6, 6.07) is 2.32. The molecular formula is C30H47BrN6O12. The van der Waals surface area contributed by atoms with Crippen molar-refractivity contribution in [3.8, 4) is 0 Å². The summed E-state index contributed by atoms with van der Waals surface area (Å²) in [5.74, 6) is -1.21. The fourth-order valence-corrected chi connectivity index (χ4v) is 3.58. The molecule has 0 aliphatic carbocycles. The number of rotatable bonds is 13. The Morgan fingerprint density at radius 3 is 1.73 bits per heavy atom. The number of aromatic amines is 1. The Morgan fingerprint density at radius 2 is 1.31 bits per heavy atom. The number of ether oxygens (including phenoxy) is 4. The molecule has 2 amide bonds. The predicted molar refractivity (Wildman–Crippen MR) is 182 cm³/mol. The lowest BCUT2D eigenvalue weighted by atomic mass is 10.2. The molecule has 0 radical (unpaired) electrons. The molecule has 0 aromatic carbocycles. The lowest BCUT2D eigenvalue weighted by Crippen LogP contribution is -2.33. The van der Waals surface area contributed by atoms with Gasteiger partial charge in [0.1, 0.15) is 22.6 Å². The molecule has 0 fully saturated rings. The lowest BCUT2D eigenvalue weighted by Gasteiger charge is -2.19. The number of carbonyl (C=O) groups excluding carboxylic acids is 4. The molecule has 0 spiro atoms. The zero-order chi connectivity index (χ0) is 37.8. The standard InChI is InChI=1S/C15H23N3O6.C8H16BrNO2.C7H8N2O4/c1-5-23-13(19)12-9-11(18(21)22)10-17(12)8-6-7-16-14(20)24-15(2,3)4;1-8(2,3)12-7(11)10-6-4-5-9;1-2-13-7(10)6-3-5(4-8-6)9(11)12/h9-10H,5-8H2,1-4H3,(H,16,20);4-6H2,1-3H3,(H,10,11);3-4,8H,2H2,1H3. The number of esters is 2. The van der Waals surface area contributed by atoms with Crippen molar-refractivity contribution in [2.75, 3.05) is 31.6 Å². The maximum atomic E-state index is 11.8. The monoisotopic (exact) mass is 762 g/mol. The third-order valence-electron chi connectivity index (χ3n) is 5.17. The summed E-state index contributed by atoms with van der Waals surface area (Å²) >= 11 is 3.27. The molecule has 0 saturated carbocycles. The summed E-state index contributed by atoms with van der Waals surface area (Å²) in [6.45, 7) is 15.8. The Hall–Kier alpha value is -4.68. The highest BCUT2D eigenvalue weighted by atomic mass is 79.9. The highest BCUT2D eigenvalue weighted by Gasteiger charge is 2.21. The fourth-order valence-electron chi connectivity index (χ4n) is 3.30. The van der Waals surface area contributed by atoms with Crippen molar-refractivity contribution in [3.63, 3.8) is 0 Å². The van der Waals surface area contributed by atoms with Gasteiger partial charge in [0, 0.05) is 37.1 Å². The van der Waals surface area contributed by atoms with Crippen LogP contribution in [0.5, 0.6) is 0 Å². The number of carbonyl (C=O) groups is 4. The number of hydrogen-bond acceptors (Lipinski definition) is 12. The molecule has 3 N–H and O–H groups in total. The van der Waals surface area contributed by atoms with Crippen molar-refractivity contribution in [2.45, 2.75) is 86.0 Å². The number of aryl methyl sites for hydroxylation is 1. The Bertz CT molecular complexity index is 1380. The molecule has 0 atom stereocenters. The first-order chi connectivity index (χ1) is 22.7. The van der Waals surface area contributed by atoms with Crippen LogP contribution in [0.3, 0.4) is 0 Å². The van der Waals surface area contributed by atoms with Crippen LogP contribution in [0.4, 0.5) is 21.0 Å². The molecule has 0 unspecified atom stereocenters. The molecule has 49 heavy (non-hydrogen) atoms. The van der Waals surface area contributed by atoms with Crippen molar-refractivity contribution < 1.29 is 48.0 Å². The SMILES string of the molecule is CC(C)(C)OC(=O)NCCCBr.CCOC(=O)c1cc([N+](=O)[O-])c[nH]1.CCOC(=O)c1cc([N+](=O)[O-])cn1CCCNC(=O)OC(C)(C)C. The highest BCUT2D eigenvalue weighted by molar-refractivity contribution is 9.09. The Labute approximate surface area is 293 Å². The first kappa shape index (κ1) is 44.3. The molecule has 0 saturated heterocycles. The van der Waals surface area contributed by atoms with Gasteiger partial charge in [0.05, 0.1) is 35.5 Å². The number of alkyl carbamates (subject to hydrolysis) is 2. The van der Waals surface area contributed by atoms with Crippen LogP contribution in [0.2, 0.25) is 0 Å². The molecule has 18 nitrogen and oxygen atoms in total. The molecule has 276 valence electrons. The Balaban J connectivity index is 0.000000777. The van der Waals surface area contributed by atoms with Gasteiger partial charge in [-0.05, 0) is 68.2 Å². The van der Waals surface area contributed by atoms with Gasteiger partial charge in [0.25, 0.3) is 11.4 Å². The first-order valence-corrected chi connectivity index (χ1v) is 16.4. The normalized spacial score (nSPS) is 10.6. The lowest BCUT2D eigenvalue weighted by molar-refractivity contribution is -0.385. The van der Waals surface area contributed by atoms with Crippen molar-refractivity contribution >= 4 is 51.4 Å². The van der Waals surface area contributed by atoms with Gasteiger partial charge in [-0.15, -0.1) is 0 Å². The van der Waals surface area contributed by atoms with E-state index in [1.807, 2.05) is 20.8 Å². The number of H-pyrrole nitrogens is 1.